The third-order valence-electron chi connectivity index (χ3n) is 5.44. The minimum absolute atomic E-state index is 0.0219. The van der Waals surface area contributed by atoms with Crippen molar-refractivity contribution in [1.29, 1.82) is 0 Å². The Morgan fingerprint density at radius 1 is 1.26 bits per heavy atom. The standard InChI is InChI=1S/C21H30N2O4/c1-14(2)11-23-18(12-24)20(27-13-19(23)25)15-7-9-17(10-8-15)22-21(26)16-5-3-4-6-16/h7-10,14,16,18,20,24H,3-6,11-13H2,1-2H3,(H,22,26). The molecule has 1 heterocycles. The summed E-state index contributed by atoms with van der Waals surface area (Å²) in [6, 6.07) is 7.14. The summed E-state index contributed by atoms with van der Waals surface area (Å²) in [6.07, 6.45) is 3.83. The highest BCUT2D eigenvalue weighted by atomic mass is 16.5. The van der Waals surface area contributed by atoms with Crippen LogP contribution in [0.3, 0.4) is 0 Å². The fourth-order valence-electron chi connectivity index (χ4n) is 4.04. The van der Waals surface area contributed by atoms with Gasteiger partial charge >= 0.3 is 0 Å². The molecule has 1 aromatic rings. The zero-order valence-electron chi connectivity index (χ0n) is 16.2. The minimum atomic E-state index is -0.396. The van der Waals surface area contributed by atoms with Gasteiger partial charge in [-0.05, 0) is 36.5 Å². The van der Waals surface area contributed by atoms with Gasteiger partial charge in [0.15, 0.2) is 0 Å². The Balaban J connectivity index is 1.69. The third kappa shape index (κ3) is 4.68. The van der Waals surface area contributed by atoms with Crippen molar-refractivity contribution in [3.63, 3.8) is 0 Å². The highest BCUT2D eigenvalue weighted by Crippen LogP contribution is 2.31. The molecule has 2 aliphatic rings. The molecule has 0 bridgehead atoms. The van der Waals surface area contributed by atoms with E-state index in [1.165, 1.54) is 0 Å². The number of rotatable bonds is 6. The second-order valence-corrected chi connectivity index (χ2v) is 8.01. The fraction of sp³-hybridized carbons (Fsp3) is 0.619. The quantitative estimate of drug-likeness (QED) is 0.802. The summed E-state index contributed by atoms with van der Waals surface area (Å²) in [4.78, 5) is 26.2. The van der Waals surface area contributed by atoms with Crippen LogP contribution in [0.2, 0.25) is 0 Å². The van der Waals surface area contributed by atoms with E-state index >= 15 is 0 Å². The maximum atomic E-state index is 12.3. The van der Waals surface area contributed by atoms with Crippen molar-refractivity contribution in [3.8, 4) is 0 Å². The summed E-state index contributed by atoms with van der Waals surface area (Å²) in [5.41, 5.74) is 1.66. The minimum Gasteiger partial charge on any atom is -0.394 e. The molecule has 2 unspecified atom stereocenters. The first-order valence-corrected chi connectivity index (χ1v) is 9.92. The van der Waals surface area contributed by atoms with Crippen LogP contribution in [0.15, 0.2) is 24.3 Å². The van der Waals surface area contributed by atoms with Crippen LogP contribution in [0, 0.1) is 11.8 Å². The second-order valence-electron chi connectivity index (χ2n) is 8.01. The molecule has 2 atom stereocenters. The van der Waals surface area contributed by atoms with E-state index in [0.29, 0.717) is 12.5 Å². The molecule has 6 heteroatoms. The second kappa shape index (κ2) is 8.85. The van der Waals surface area contributed by atoms with Crippen LogP contribution in [-0.2, 0) is 14.3 Å². The van der Waals surface area contributed by atoms with Crippen molar-refractivity contribution in [2.75, 3.05) is 25.1 Å². The Bertz CT molecular complexity index is 653. The predicted octanol–water partition coefficient (Wildman–Crippen LogP) is 2.73. The molecule has 2 fully saturated rings. The number of carbonyl (C=O) groups excluding carboxylic acids is 2. The number of hydrogen-bond donors (Lipinski definition) is 2. The summed E-state index contributed by atoms with van der Waals surface area (Å²) in [6.45, 7) is 4.57. The van der Waals surface area contributed by atoms with Gasteiger partial charge in [-0.3, -0.25) is 9.59 Å². The van der Waals surface area contributed by atoms with E-state index < -0.39 is 6.04 Å². The van der Waals surface area contributed by atoms with Gasteiger partial charge in [-0.2, -0.15) is 0 Å². The number of nitrogens with one attached hydrogen (secondary N) is 1. The van der Waals surface area contributed by atoms with E-state index in [-0.39, 0.29) is 37.0 Å². The summed E-state index contributed by atoms with van der Waals surface area (Å²) < 4.78 is 5.76. The van der Waals surface area contributed by atoms with Crippen molar-refractivity contribution >= 4 is 17.5 Å². The van der Waals surface area contributed by atoms with E-state index in [4.69, 9.17) is 4.74 Å². The Morgan fingerprint density at radius 3 is 2.52 bits per heavy atom. The average Bonchev–Trinajstić information content (AvgIpc) is 3.18. The lowest BCUT2D eigenvalue weighted by atomic mass is 9.98. The van der Waals surface area contributed by atoms with Gasteiger partial charge in [0.1, 0.15) is 12.7 Å². The number of amides is 2. The molecule has 1 aromatic carbocycles. The van der Waals surface area contributed by atoms with E-state index in [2.05, 4.69) is 5.32 Å². The number of aliphatic hydroxyl groups is 1. The summed E-state index contributed by atoms with van der Waals surface area (Å²) in [5, 5.41) is 12.9. The normalized spacial score (nSPS) is 23.9. The molecule has 2 N–H and O–H groups in total. The highest BCUT2D eigenvalue weighted by Gasteiger charge is 2.37. The van der Waals surface area contributed by atoms with Gasteiger partial charge in [-0.25, -0.2) is 0 Å². The molecule has 0 spiro atoms. The smallest absolute Gasteiger partial charge is 0.249 e. The van der Waals surface area contributed by atoms with Crippen LogP contribution in [-0.4, -0.2) is 47.6 Å². The number of aliphatic hydroxyl groups excluding tert-OH is 1. The lowest BCUT2D eigenvalue weighted by molar-refractivity contribution is -0.161. The number of hydrogen-bond acceptors (Lipinski definition) is 4. The maximum absolute atomic E-state index is 12.3. The molecule has 1 saturated carbocycles. The first-order valence-electron chi connectivity index (χ1n) is 9.92. The van der Waals surface area contributed by atoms with Crippen LogP contribution in [0.25, 0.3) is 0 Å². The molecule has 1 aliphatic heterocycles. The van der Waals surface area contributed by atoms with E-state index in [1.54, 1.807) is 4.90 Å². The summed E-state index contributed by atoms with van der Waals surface area (Å²) in [7, 11) is 0. The third-order valence-corrected chi connectivity index (χ3v) is 5.44. The van der Waals surface area contributed by atoms with Crippen molar-refractivity contribution in [2.45, 2.75) is 51.7 Å². The maximum Gasteiger partial charge on any atom is 0.249 e. The number of anilines is 1. The first kappa shape index (κ1) is 19.8. The Hall–Kier alpha value is -1.92. The summed E-state index contributed by atoms with van der Waals surface area (Å²) in [5.74, 6) is 0.450. The number of morpholine rings is 1. The Labute approximate surface area is 160 Å². The van der Waals surface area contributed by atoms with Crippen LogP contribution >= 0.6 is 0 Å². The van der Waals surface area contributed by atoms with Gasteiger partial charge in [-0.1, -0.05) is 38.8 Å². The van der Waals surface area contributed by atoms with Crippen LogP contribution in [0.1, 0.15) is 51.2 Å². The summed E-state index contributed by atoms with van der Waals surface area (Å²) >= 11 is 0. The van der Waals surface area contributed by atoms with Crippen molar-refractivity contribution in [1.82, 2.24) is 4.90 Å². The molecule has 1 aliphatic carbocycles. The average molecular weight is 374 g/mol. The van der Waals surface area contributed by atoms with Crippen LogP contribution in [0.5, 0.6) is 0 Å². The molecular weight excluding hydrogens is 344 g/mol. The Kier molecular flexibility index (Phi) is 6.50. The van der Waals surface area contributed by atoms with Gasteiger partial charge in [0.05, 0.1) is 12.6 Å². The first-order chi connectivity index (χ1) is 13.0. The topological polar surface area (TPSA) is 78.9 Å². The van der Waals surface area contributed by atoms with Gasteiger partial charge in [0.25, 0.3) is 0 Å². The van der Waals surface area contributed by atoms with E-state index in [1.807, 2.05) is 38.1 Å². The number of nitrogens with zero attached hydrogens (tertiary/aromatic N) is 1. The van der Waals surface area contributed by atoms with Crippen molar-refractivity contribution in [3.05, 3.63) is 29.8 Å². The van der Waals surface area contributed by atoms with Crippen molar-refractivity contribution in [2.24, 2.45) is 11.8 Å². The van der Waals surface area contributed by atoms with Crippen LogP contribution in [0.4, 0.5) is 5.69 Å². The molecule has 0 radical (unpaired) electrons. The van der Waals surface area contributed by atoms with Gasteiger partial charge in [-0.15, -0.1) is 0 Å². The largest absolute Gasteiger partial charge is 0.394 e. The predicted molar refractivity (Wildman–Crippen MR) is 103 cm³/mol. The number of benzene rings is 1. The zero-order valence-corrected chi connectivity index (χ0v) is 16.2. The lowest BCUT2D eigenvalue weighted by Crippen LogP contribution is -2.53. The van der Waals surface area contributed by atoms with E-state index in [0.717, 1.165) is 36.9 Å². The molecule has 1 saturated heterocycles. The molecule has 148 valence electrons. The number of ether oxygens (including phenoxy) is 1. The SMILES string of the molecule is CC(C)CN1C(=O)COC(c2ccc(NC(=O)C3CCCC3)cc2)C1CO. The van der Waals surface area contributed by atoms with Gasteiger partial charge < -0.3 is 20.1 Å². The number of carbonyl (C=O) groups is 2. The zero-order chi connectivity index (χ0) is 19.4. The molecule has 6 nitrogen and oxygen atoms in total. The molecular formula is C21H30N2O4. The van der Waals surface area contributed by atoms with E-state index in [9.17, 15) is 14.7 Å². The Morgan fingerprint density at radius 2 is 1.93 bits per heavy atom. The molecule has 3 rings (SSSR count). The molecule has 27 heavy (non-hydrogen) atoms. The van der Waals surface area contributed by atoms with Crippen molar-refractivity contribution < 1.29 is 19.4 Å². The van der Waals surface area contributed by atoms with Gasteiger partial charge in [0.2, 0.25) is 11.8 Å². The lowest BCUT2D eigenvalue weighted by Gasteiger charge is -2.41. The fourth-order valence-corrected chi connectivity index (χ4v) is 4.04. The molecule has 0 aromatic heterocycles. The molecule has 2 amide bonds. The highest BCUT2D eigenvalue weighted by molar-refractivity contribution is 5.92. The monoisotopic (exact) mass is 374 g/mol. The van der Waals surface area contributed by atoms with Crippen LogP contribution < -0.4 is 5.32 Å². The van der Waals surface area contributed by atoms with Gasteiger partial charge in [0, 0.05) is 18.2 Å².